The fourth-order valence-corrected chi connectivity index (χ4v) is 4.48. The van der Waals surface area contributed by atoms with Gasteiger partial charge in [0, 0.05) is 42.1 Å². The number of allylic oxidation sites excluding steroid dienone is 1. The fraction of sp³-hybridized carbons (Fsp3) is 0.280. The number of nitrogens with zero attached hydrogens (tertiary/aromatic N) is 5. The molecular weight excluding hydrogens is 386 g/mol. The topological polar surface area (TPSA) is 63.4 Å². The van der Waals surface area contributed by atoms with Crippen molar-refractivity contribution >= 4 is 17.4 Å². The first-order valence-electron chi connectivity index (χ1n) is 10.8. The molecular formula is C25H23N5O. The molecule has 2 aliphatic heterocycles. The largest absolute Gasteiger partial charge is 0.310 e. The molecule has 0 saturated heterocycles. The Bertz CT molecular complexity index is 1250. The molecule has 0 N–H and O–H groups in total. The number of carbonyl (C=O) groups excluding carboxylic acids is 1. The van der Waals surface area contributed by atoms with Gasteiger partial charge in [0.25, 0.3) is 0 Å². The highest BCUT2D eigenvalue weighted by atomic mass is 16.2. The van der Waals surface area contributed by atoms with Crippen LogP contribution in [0.5, 0.6) is 0 Å². The Kier molecular flexibility index (Phi) is 4.13. The SMILES string of the molecule is Cc1ccc(-c2cccc3c2CCN2C(=O)CN=C(n4cnc(C5CC5)c4)C=C32)nc1. The number of imidazole rings is 1. The number of aromatic nitrogens is 3. The van der Waals surface area contributed by atoms with E-state index < -0.39 is 0 Å². The molecule has 4 heterocycles. The third-order valence-corrected chi connectivity index (χ3v) is 6.32. The van der Waals surface area contributed by atoms with E-state index in [0.717, 1.165) is 46.0 Å². The second kappa shape index (κ2) is 7.01. The number of aryl methyl sites for hydroxylation is 1. The Balaban J connectivity index is 1.45. The lowest BCUT2D eigenvalue weighted by Gasteiger charge is -2.31. The van der Waals surface area contributed by atoms with Crippen LogP contribution in [0.1, 0.15) is 41.1 Å². The highest BCUT2D eigenvalue weighted by molar-refractivity contribution is 6.06. The molecule has 6 rings (SSSR count). The van der Waals surface area contributed by atoms with Crippen LogP contribution < -0.4 is 0 Å². The second-order valence-electron chi connectivity index (χ2n) is 8.53. The van der Waals surface area contributed by atoms with Gasteiger partial charge >= 0.3 is 0 Å². The monoisotopic (exact) mass is 409 g/mol. The van der Waals surface area contributed by atoms with Gasteiger partial charge in [-0.3, -0.25) is 19.3 Å². The summed E-state index contributed by atoms with van der Waals surface area (Å²) in [5, 5.41) is 0. The van der Waals surface area contributed by atoms with Crippen molar-refractivity contribution in [2.45, 2.75) is 32.1 Å². The minimum Gasteiger partial charge on any atom is -0.310 e. The van der Waals surface area contributed by atoms with Crippen LogP contribution in [0.4, 0.5) is 0 Å². The van der Waals surface area contributed by atoms with Gasteiger partial charge in [0.2, 0.25) is 5.91 Å². The summed E-state index contributed by atoms with van der Waals surface area (Å²) in [6, 6.07) is 10.4. The number of hydrogen-bond donors (Lipinski definition) is 0. The Morgan fingerprint density at radius 1 is 1.06 bits per heavy atom. The lowest BCUT2D eigenvalue weighted by molar-refractivity contribution is -0.126. The van der Waals surface area contributed by atoms with Crippen molar-refractivity contribution in [1.82, 2.24) is 19.4 Å². The van der Waals surface area contributed by atoms with E-state index in [1.54, 1.807) is 0 Å². The molecule has 3 aromatic rings. The third kappa shape index (κ3) is 3.19. The first-order valence-corrected chi connectivity index (χ1v) is 10.8. The van der Waals surface area contributed by atoms with E-state index in [-0.39, 0.29) is 12.5 Å². The highest BCUT2D eigenvalue weighted by Crippen LogP contribution is 2.39. The molecule has 0 spiro atoms. The number of amides is 1. The summed E-state index contributed by atoms with van der Waals surface area (Å²) in [5.74, 6) is 1.38. The lowest BCUT2D eigenvalue weighted by Crippen LogP contribution is -2.36. The smallest absolute Gasteiger partial charge is 0.248 e. The molecule has 0 atom stereocenters. The van der Waals surface area contributed by atoms with Crippen LogP contribution in [0.2, 0.25) is 0 Å². The molecule has 6 nitrogen and oxygen atoms in total. The molecule has 0 bridgehead atoms. The van der Waals surface area contributed by atoms with Gasteiger partial charge < -0.3 is 4.90 Å². The summed E-state index contributed by atoms with van der Waals surface area (Å²) >= 11 is 0. The summed E-state index contributed by atoms with van der Waals surface area (Å²) < 4.78 is 1.96. The zero-order valence-electron chi connectivity index (χ0n) is 17.5. The number of hydrogen-bond acceptors (Lipinski definition) is 4. The van der Waals surface area contributed by atoms with Crippen molar-refractivity contribution in [1.29, 1.82) is 0 Å². The van der Waals surface area contributed by atoms with Crippen molar-refractivity contribution in [2.75, 3.05) is 13.1 Å². The molecule has 1 aromatic carbocycles. The molecule has 0 unspecified atom stereocenters. The molecule has 6 heteroatoms. The summed E-state index contributed by atoms with van der Waals surface area (Å²) in [7, 11) is 0. The van der Waals surface area contributed by atoms with E-state index >= 15 is 0 Å². The van der Waals surface area contributed by atoms with Crippen molar-refractivity contribution in [3.05, 3.63) is 77.5 Å². The molecule has 154 valence electrons. The van der Waals surface area contributed by atoms with E-state index in [0.29, 0.717) is 12.5 Å². The lowest BCUT2D eigenvalue weighted by atomic mass is 9.90. The summed E-state index contributed by atoms with van der Waals surface area (Å²) in [4.78, 5) is 28.6. The van der Waals surface area contributed by atoms with Crippen LogP contribution in [-0.2, 0) is 11.2 Å². The van der Waals surface area contributed by atoms with Crippen LogP contribution in [0.3, 0.4) is 0 Å². The van der Waals surface area contributed by atoms with Crippen LogP contribution in [0.15, 0.2) is 60.1 Å². The van der Waals surface area contributed by atoms with Gasteiger partial charge in [-0.2, -0.15) is 0 Å². The molecule has 3 aliphatic rings. The molecule has 1 fully saturated rings. The van der Waals surface area contributed by atoms with Gasteiger partial charge in [-0.1, -0.05) is 24.3 Å². The van der Waals surface area contributed by atoms with Gasteiger partial charge in [-0.25, -0.2) is 4.98 Å². The van der Waals surface area contributed by atoms with E-state index in [9.17, 15) is 4.79 Å². The van der Waals surface area contributed by atoms with Crippen molar-refractivity contribution < 1.29 is 4.79 Å². The Hall–Kier alpha value is -3.54. The molecule has 2 aromatic heterocycles. The highest BCUT2D eigenvalue weighted by Gasteiger charge is 2.30. The van der Waals surface area contributed by atoms with E-state index in [1.165, 1.54) is 18.4 Å². The normalized spacial score (nSPS) is 18.1. The second-order valence-corrected chi connectivity index (χ2v) is 8.53. The van der Waals surface area contributed by atoms with E-state index in [4.69, 9.17) is 0 Å². The van der Waals surface area contributed by atoms with Crippen LogP contribution in [0, 0.1) is 6.92 Å². The van der Waals surface area contributed by atoms with Crippen LogP contribution >= 0.6 is 0 Å². The minimum absolute atomic E-state index is 0.0355. The van der Waals surface area contributed by atoms with E-state index in [2.05, 4.69) is 51.5 Å². The number of benzene rings is 1. The molecule has 0 radical (unpaired) electrons. The molecule has 31 heavy (non-hydrogen) atoms. The maximum atomic E-state index is 12.9. The fourth-order valence-electron chi connectivity index (χ4n) is 4.48. The van der Waals surface area contributed by atoms with Crippen molar-refractivity contribution in [3.8, 4) is 11.3 Å². The Morgan fingerprint density at radius 3 is 2.74 bits per heavy atom. The first-order chi connectivity index (χ1) is 15.2. The van der Waals surface area contributed by atoms with Gasteiger partial charge in [0.15, 0.2) is 0 Å². The average Bonchev–Trinajstić information content (AvgIpc) is 3.56. The maximum absolute atomic E-state index is 12.9. The predicted molar refractivity (Wildman–Crippen MR) is 120 cm³/mol. The predicted octanol–water partition coefficient (Wildman–Crippen LogP) is 3.82. The summed E-state index contributed by atoms with van der Waals surface area (Å²) in [6.45, 7) is 2.85. The number of pyridine rings is 1. The number of rotatable bonds is 2. The maximum Gasteiger partial charge on any atom is 0.248 e. The van der Waals surface area contributed by atoms with Gasteiger partial charge in [-0.15, -0.1) is 0 Å². The van der Waals surface area contributed by atoms with Crippen molar-refractivity contribution in [3.63, 3.8) is 0 Å². The third-order valence-electron chi connectivity index (χ3n) is 6.32. The molecule has 1 saturated carbocycles. The molecule has 1 aliphatic carbocycles. The van der Waals surface area contributed by atoms with Gasteiger partial charge in [0.1, 0.15) is 18.7 Å². The Morgan fingerprint density at radius 2 is 1.94 bits per heavy atom. The number of fused-ring (bicyclic) bond motifs is 3. The summed E-state index contributed by atoms with van der Waals surface area (Å²) in [5.41, 5.74) is 7.59. The van der Waals surface area contributed by atoms with Crippen molar-refractivity contribution in [2.24, 2.45) is 4.99 Å². The van der Waals surface area contributed by atoms with Gasteiger partial charge in [-0.05, 0) is 43.4 Å². The number of carbonyl (C=O) groups is 1. The first kappa shape index (κ1) is 18.2. The Labute approximate surface area is 181 Å². The van der Waals surface area contributed by atoms with Crippen LogP contribution in [0.25, 0.3) is 17.0 Å². The average molecular weight is 409 g/mol. The van der Waals surface area contributed by atoms with E-state index in [1.807, 2.05) is 35.0 Å². The molecule has 1 amide bonds. The van der Waals surface area contributed by atoms with Gasteiger partial charge in [0.05, 0.1) is 17.1 Å². The summed E-state index contributed by atoms with van der Waals surface area (Å²) in [6.07, 6.45) is 11.0. The standard InChI is InChI=1S/C25H23N5O/c1-16-5-8-21(26-12-16)19-3-2-4-20-18(19)9-10-30-23(20)11-24(27-13-25(30)31)29-14-22(28-15-29)17-6-7-17/h2-5,8,11-12,14-15,17H,6-7,9-10,13H2,1H3. The number of aliphatic imine (C=N–C) groups is 1. The zero-order chi connectivity index (χ0) is 20.9. The zero-order valence-corrected chi connectivity index (χ0v) is 17.5. The van der Waals surface area contributed by atoms with Crippen LogP contribution in [-0.4, -0.2) is 44.3 Å². The quantitative estimate of drug-likeness (QED) is 0.646. The minimum atomic E-state index is 0.0355.